The molecule has 0 aliphatic carbocycles. The van der Waals surface area contributed by atoms with Crippen molar-refractivity contribution in [2.24, 2.45) is 11.8 Å². The zero-order valence-electron chi connectivity index (χ0n) is 18.8. The van der Waals surface area contributed by atoms with Crippen LogP contribution in [0.5, 0.6) is 0 Å². The van der Waals surface area contributed by atoms with E-state index in [2.05, 4.69) is 27.7 Å². The summed E-state index contributed by atoms with van der Waals surface area (Å²) >= 11 is 0. The van der Waals surface area contributed by atoms with Gasteiger partial charge < -0.3 is 9.84 Å². The van der Waals surface area contributed by atoms with Crippen molar-refractivity contribution in [3.8, 4) is 0 Å². The number of unbranched alkanes of at least 4 members (excludes halogenated alkanes) is 3. The fraction of sp³-hybridized carbons (Fsp3) is 0.680. The number of rotatable bonds is 15. The third-order valence-electron chi connectivity index (χ3n) is 5.60. The molecule has 4 heteroatoms. The Morgan fingerprint density at radius 1 is 0.931 bits per heavy atom. The summed E-state index contributed by atoms with van der Waals surface area (Å²) in [6.07, 6.45) is 10.8. The van der Waals surface area contributed by atoms with Gasteiger partial charge in [0.05, 0.1) is 11.1 Å². The molecule has 0 amide bonds. The number of carbonyl (C=O) groups is 2. The number of carboxylic acid groups (broad SMARTS) is 1. The molecule has 0 saturated heterocycles. The maximum atomic E-state index is 12.8. The Bertz CT molecular complexity index is 609. The standard InChI is InChI=1S/C25H40O4/c1-5-7-14-20(6-2)18-21(15-10-8-9-13-19(3)4)29-25(28)23-17-12-11-16-22(23)24(26)27/h11-12,16-17,19-21H,5-10,13-15,18H2,1-4H3,(H,26,27). The molecule has 1 N–H and O–H groups in total. The third-order valence-corrected chi connectivity index (χ3v) is 5.60. The van der Waals surface area contributed by atoms with Crippen LogP contribution in [0, 0.1) is 11.8 Å². The SMILES string of the molecule is CCCCC(CC)CC(CCCCCC(C)C)OC(=O)c1ccccc1C(=O)O. The zero-order chi connectivity index (χ0) is 21.6. The van der Waals surface area contributed by atoms with Crippen molar-refractivity contribution in [3.63, 3.8) is 0 Å². The third kappa shape index (κ3) is 9.96. The van der Waals surface area contributed by atoms with Gasteiger partial charge in [-0.15, -0.1) is 0 Å². The van der Waals surface area contributed by atoms with Gasteiger partial charge in [-0.1, -0.05) is 84.8 Å². The number of esters is 1. The van der Waals surface area contributed by atoms with Crippen LogP contribution in [0.25, 0.3) is 0 Å². The predicted octanol–water partition coefficient (Wildman–Crippen LogP) is 7.12. The molecule has 1 rings (SSSR count). The van der Waals surface area contributed by atoms with E-state index in [-0.39, 0.29) is 17.2 Å². The van der Waals surface area contributed by atoms with Gasteiger partial charge in [-0.05, 0) is 43.2 Å². The second-order valence-electron chi connectivity index (χ2n) is 8.56. The van der Waals surface area contributed by atoms with E-state index in [0.717, 1.165) is 44.4 Å². The van der Waals surface area contributed by atoms with Crippen LogP contribution in [0.15, 0.2) is 24.3 Å². The molecule has 0 aliphatic heterocycles. The van der Waals surface area contributed by atoms with Crippen molar-refractivity contribution in [1.29, 1.82) is 0 Å². The minimum absolute atomic E-state index is 0.00575. The highest BCUT2D eigenvalue weighted by Crippen LogP contribution is 2.24. The molecule has 4 nitrogen and oxygen atoms in total. The largest absolute Gasteiger partial charge is 0.478 e. The first-order valence-corrected chi connectivity index (χ1v) is 11.4. The first-order chi connectivity index (χ1) is 13.9. The summed E-state index contributed by atoms with van der Waals surface area (Å²) in [7, 11) is 0. The molecule has 1 aromatic carbocycles. The number of ether oxygens (including phenoxy) is 1. The lowest BCUT2D eigenvalue weighted by Crippen LogP contribution is -2.23. The maximum Gasteiger partial charge on any atom is 0.339 e. The molecule has 0 saturated carbocycles. The molecule has 0 radical (unpaired) electrons. The average Bonchev–Trinajstić information content (AvgIpc) is 2.70. The lowest BCUT2D eigenvalue weighted by Gasteiger charge is -2.23. The fourth-order valence-corrected chi connectivity index (χ4v) is 3.74. The normalized spacial score (nSPS) is 13.3. The number of hydrogen-bond donors (Lipinski definition) is 1. The van der Waals surface area contributed by atoms with Crippen LogP contribution < -0.4 is 0 Å². The van der Waals surface area contributed by atoms with Crippen LogP contribution in [-0.2, 0) is 4.74 Å². The van der Waals surface area contributed by atoms with E-state index in [1.54, 1.807) is 18.2 Å². The highest BCUT2D eigenvalue weighted by molar-refractivity contribution is 6.02. The van der Waals surface area contributed by atoms with Crippen LogP contribution in [0.2, 0.25) is 0 Å². The molecule has 2 atom stereocenters. The van der Waals surface area contributed by atoms with Crippen molar-refractivity contribution in [2.75, 3.05) is 0 Å². The van der Waals surface area contributed by atoms with E-state index in [9.17, 15) is 14.7 Å². The summed E-state index contributed by atoms with van der Waals surface area (Å²) in [6, 6.07) is 6.31. The van der Waals surface area contributed by atoms with Gasteiger partial charge in [-0.2, -0.15) is 0 Å². The van der Waals surface area contributed by atoms with Crippen molar-refractivity contribution in [1.82, 2.24) is 0 Å². The molecular weight excluding hydrogens is 364 g/mol. The zero-order valence-corrected chi connectivity index (χ0v) is 18.8. The average molecular weight is 405 g/mol. The molecule has 29 heavy (non-hydrogen) atoms. The Balaban J connectivity index is 2.78. The van der Waals surface area contributed by atoms with Crippen LogP contribution in [0.4, 0.5) is 0 Å². The van der Waals surface area contributed by atoms with Gasteiger partial charge in [-0.3, -0.25) is 0 Å². The molecule has 0 bridgehead atoms. The summed E-state index contributed by atoms with van der Waals surface area (Å²) < 4.78 is 5.87. The molecule has 164 valence electrons. The van der Waals surface area contributed by atoms with E-state index in [0.29, 0.717) is 5.92 Å². The topological polar surface area (TPSA) is 63.6 Å². The van der Waals surface area contributed by atoms with Gasteiger partial charge >= 0.3 is 11.9 Å². The van der Waals surface area contributed by atoms with E-state index in [1.807, 2.05) is 0 Å². The second kappa shape index (κ2) is 14.2. The summed E-state index contributed by atoms with van der Waals surface area (Å²) in [5, 5.41) is 9.37. The number of hydrogen-bond acceptors (Lipinski definition) is 3. The first kappa shape index (κ1) is 25.2. The first-order valence-electron chi connectivity index (χ1n) is 11.4. The summed E-state index contributed by atoms with van der Waals surface area (Å²) in [6.45, 7) is 8.87. The monoisotopic (exact) mass is 404 g/mol. The van der Waals surface area contributed by atoms with Gasteiger partial charge in [0.1, 0.15) is 6.10 Å². The van der Waals surface area contributed by atoms with Gasteiger partial charge in [0.2, 0.25) is 0 Å². The summed E-state index contributed by atoms with van der Waals surface area (Å²) in [5.74, 6) is -0.356. The molecule has 1 aromatic rings. The number of aromatic carboxylic acids is 1. The van der Waals surface area contributed by atoms with Crippen molar-refractivity contribution in [3.05, 3.63) is 35.4 Å². The van der Waals surface area contributed by atoms with Crippen molar-refractivity contribution >= 4 is 11.9 Å². The van der Waals surface area contributed by atoms with Crippen molar-refractivity contribution < 1.29 is 19.4 Å². The van der Waals surface area contributed by atoms with Crippen LogP contribution >= 0.6 is 0 Å². The Labute approximate surface area is 177 Å². The minimum atomic E-state index is -1.10. The molecule has 0 aliphatic rings. The Hall–Kier alpha value is -1.84. The lowest BCUT2D eigenvalue weighted by molar-refractivity contribution is 0.0201. The number of carboxylic acids is 1. The van der Waals surface area contributed by atoms with Crippen LogP contribution in [0.3, 0.4) is 0 Å². The van der Waals surface area contributed by atoms with Crippen LogP contribution in [-0.4, -0.2) is 23.1 Å². The Kier molecular flexibility index (Phi) is 12.3. The smallest absolute Gasteiger partial charge is 0.339 e. The van der Waals surface area contributed by atoms with Gasteiger partial charge in [0.15, 0.2) is 0 Å². The van der Waals surface area contributed by atoms with E-state index in [4.69, 9.17) is 4.74 Å². The molecular formula is C25H40O4. The quantitative estimate of drug-likeness (QED) is 0.249. The van der Waals surface area contributed by atoms with E-state index < -0.39 is 11.9 Å². The maximum absolute atomic E-state index is 12.8. The van der Waals surface area contributed by atoms with Crippen LogP contribution in [0.1, 0.15) is 113 Å². The highest BCUT2D eigenvalue weighted by atomic mass is 16.5. The van der Waals surface area contributed by atoms with E-state index in [1.165, 1.54) is 31.7 Å². The second-order valence-corrected chi connectivity index (χ2v) is 8.56. The lowest BCUT2D eigenvalue weighted by atomic mass is 9.91. The predicted molar refractivity (Wildman–Crippen MR) is 118 cm³/mol. The molecule has 0 spiro atoms. The fourth-order valence-electron chi connectivity index (χ4n) is 3.74. The highest BCUT2D eigenvalue weighted by Gasteiger charge is 2.23. The summed E-state index contributed by atoms with van der Waals surface area (Å²) in [4.78, 5) is 24.2. The van der Waals surface area contributed by atoms with Gasteiger partial charge in [0, 0.05) is 0 Å². The van der Waals surface area contributed by atoms with E-state index >= 15 is 0 Å². The molecule has 0 fully saturated rings. The Morgan fingerprint density at radius 2 is 1.59 bits per heavy atom. The number of benzene rings is 1. The molecule has 0 aromatic heterocycles. The minimum Gasteiger partial charge on any atom is -0.478 e. The Morgan fingerprint density at radius 3 is 2.17 bits per heavy atom. The van der Waals surface area contributed by atoms with Gasteiger partial charge in [-0.25, -0.2) is 9.59 Å². The van der Waals surface area contributed by atoms with Crippen molar-refractivity contribution in [2.45, 2.75) is 98.0 Å². The number of carbonyl (C=O) groups excluding carboxylic acids is 1. The molecule has 2 unspecified atom stereocenters. The molecule has 0 heterocycles. The summed E-state index contributed by atoms with van der Waals surface area (Å²) in [5.41, 5.74) is 0.151. The van der Waals surface area contributed by atoms with Gasteiger partial charge in [0.25, 0.3) is 0 Å².